The van der Waals surface area contributed by atoms with E-state index in [1.807, 2.05) is 0 Å². The summed E-state index contributed by atoms with van der Waals surface area (Å²) in [4.78, 5) is 36.7. The maximum absolute atomic E-state index is 14.1. The molecule has 1 aromatic heterocycles. The normalized spacial score (nSPS) is 25.4. The number of rotatable bonds is 4. The molecule has 0 radical (unpaired) electrons. The van der Waals surface area contributed by atoms with Gasteiger partial charge >= 0.3 is 11.8 Å². The number of amides is 1. The highest BCUT2D eigenvalue weighted by molar-refractivity contribution is 5.82. The van der Waals surface area contributed by atoms with Crippen LogP contribution in [0.4, 0.5) is 15.0 Å². The highest BCUT2D eigenvalue weighted by Gasteiger charge is 2.43. The number of benzene rings is 1. The molecule has 0 bridgehead atoms. The zero-order valence-electron chi connectivity index (χ0n) is 14.3. The number of hydrogen-bond acceptors (Lipinski definition) is 7. The van der Waals surface area contributed by atoms with Crippen LogP contribution in [0.5, 0.6) is 5.75 Å². The van der Waals surface area contributed by atoms with Gasteiger partial charge in [0.25, 0.3) is 0 Å². The van der Waals surface area contributed by atoms with Crippen molar-refractivity contribution in [2.24, 2.45) is 0 Å². The van der Waals surface area contributed by atoms with Gasteiger partial charge in [0.05, 0.1) is 6.10 Å². The number of carbonyl (C=O) groups excluding carboxylic acids is 1. The second-order valence-corrected chi connectivity index (χ2v) is 5.39. The predicted octanol–water partition coefficient (Wildman–Crippen LogP) is 1.40. The van der Waals surface area contributed by atoms with E-state index >= 15 is 0 Å². The van der Waals surface area contributed by atoms with Crippen molar-refractivity contribution in [3.05, 3.63) is 53.1 Å². The molecular formula is C16H16FN3O6. The van der Waals surface area contributed by atoms with Crippen molar-refractivity contribution in [2.75, 3.05) is 5.32 Å². The number of para-hydroxylation sites is 1. The summed E-state index contributed by atoms with van der Waals surface area (Å²) in [6, 6.07) is 9.49. The van der Waals surface area contributed by atoms with Gasteiger partial charge in [-0.05, 0) is 25.1 Å². The van der Waals surface area contributed by atoms with Crippen LogP contribution in [0.25, 0.3) is 0 Å². The lowest BCUT2D eigenvalue weighted by molar-refractivity contribution is -0.136. The first-order valence-electron chi connectivity index (χ1n) is 8.27. The number of aliphatic hydroxyl groups excluding tert-OH is 1. The van der Waals surface area contributed by atoms with Gasteiger partial charge in [0.1, 0.15) is 11.9 Å². The van der Waals surface area contributed by atoms with E-state index in [9.17, 15) is 19.1 Å². The van der Waals surface area contributed by atoms with Crippen LogP contribution in [0.3, 0.4) is 0 Å². The number of hydrogen-bond donors (Lipinski definition) is 2. The van der Waals surface area contributed by atoms with E-state index in [-0.39, 0.29) is 12.7 Å². The van der Waals surface area contributed by atoms with Gasteiger partial charge in [-0.3, -0.25) is 14.8 Å². The summed E-state index contributed by atoms with van der Waals surface area (Å²) < 4.78 is 27.3. The molecule has 9 nitrogen and oxygen atoms in total. The lowest BCUT2D eigenvalue weighted by Crippen LogP contribution is -2.33. The Hall–Kier alpha value is -2.98. The summed E-state index contributed by atoms with van der Waals surface area (Å²) in [7, 11) is 0. The van der Waals surface area contributed by atoms with Crippen molar-refractivity contribution in [2.45, 2.75) is 31.5 Å². The first-order chi connectivity index (χ1) is 13.0. The van der Waals surface area contributed by atoms with Gasteiger partial charge in [-0.25, -0.2) is 18.9 Å². The number of anilines is 1. The molecule has 1 unspecified atom stereocenters. The zero-order valence-corrected chi connectivity index (χ0v) is 13.3. The third-order valence-electron chi connectivity index (χ3n) is 3.58. The topological polar surface area (TPSA) is 112 Å². The van der Waals surface area contributed by atoms with Crippen LogP contribution < -0.4 is 15.9 Å². The highest BCUT2D eigenvalue weighted by atomic mass is 19.1. The number of aliphatic hydroxyl groups is 1. The standard InChI is InChI=1S/C16H16FN3O6/c1-9-13(21)12(17)14(24-9)20-8-7-11(18-15(20)22)19-16(23)26-25-10-5-3-2-4-6-10/h2-9,12-14,21H,1H3,(H,18,19,22,23)/t9-,12?,13+,14-/m1/s1/i1D. The molecule has 2 heterocycles. The van der Waals surface area contributed by atoms with Crippen molar-refractivity contribution in [3.8, 4) is 5.75 Å². The van der Waals surface area contributed by atoms with E-state index < -0.39 is 36.4 Å². The van der Waals surface area contributed by atoms with Crippen molar-refractivity contribution in [3.63, 3.8) is 0 Å². The van der Waals surface area contributed by atoms with Gasteiger partial charge in [-0.15, -0.1) is 0 Å². The molecule has 1 amide bonds. The molecule has 4 atom stereocenters. The van der Waals surface area contributed by atoms with Crippen LogP contribution in [0.2, 0.25) is 0 Å². The average Bonchev–Trinajstić information content (AvgIpc) is 2.95. The summed E-state index contributed by atoms with van der Waals surface area (Å²) in [6.07, 6.45) is -5.71. The van der Waals surface area contributed by atoms with Gasteiger partial charge < -0.3 is 9.84 Å². The maximum Gasteiger partial charge on any atom is 0.455 e. The number of nitrogens with one attached hydrogen (secondary N) is 1. The Kier molecular flexibility index (Phi) is 4.75. The molecule has 1 aliphatic heterocycles. The third kappa shape index (κ3) is 3.81. The lowest BCUT2D eigenvalue weighted by Gasteiger charge is -2.15. The molecule has 1 saturated heterocycles. The van der Waals surface area contributed by atoms with Crippen LogP contribution in [-0.2, 0) is 9.62 Å². The van der Waals surface area contributed by atoms with Crippen LogP contribution in [0.1, 0.15) is 14.5 Å². The molecule has 1 aromatic carbocycles. The number of alkyl halides is 1. The molecule has 0 aliphatic carbocycles. The molecule has 1 fully saturated rings. The van der Waals surface area contributed by atoms with Crippen molar-refractivity contribution < 1.29 is 30.2 Å². The molecule has 0 saturated carbocycles. The summed E-state index contributed by atoms with van der Waals surface area (Å²) in [5.41, 5.74) is -0.915. The van der Waals surface area contributed by atoms with E-state index in [0.717, 1.165) is 10.8 Å². The Morgan fingerprint density at radius 3 is 2.85 bits per heavy atom. The van der Waals surface area contributed by atoms with Gasteiger partial charge in [0, 0.05) is 7.57 Å². The van der Waals surface area contributed by atoms with Gasteiger partial charge in [-0.2, -0.15) is 4.98 Å². The zero-order chi connectivity index (χ0) is 19.4. The molecule has 2 N–H and O–H groups in total. The minimum Gasteiger partial charge on any atom is -0.387 e. The Morgan fingerprint density at radius 2 is 2.19 bits per heavy atom. The van der Waals surface area contributed by atoms with Crippen molar-refractivity contribution in [1.82, 2.24) is 9.55 Å². The maximum atomic E-state index is 14.1. The number of ether oxygens (including phenoxy) is 1. The smallest absolute Gasteiger partial charge is 0.387 e. The van der Waals surface area contributed by atoms with Gasteiger partial charge in [0.15, 0.2) is 18.1 Å². The summed E-state index contributed by atoms with van der Waals surface area (Å²) in [5, 5.41) is 11.8. The van der Waals surface area contributed by atoms with Crippen molar-refractivity contribution in [1.29, 1.82) is 0 Å². The number of carbonyl (C=O) groups is 1. The fraction of sp³-hybridized carbons (Fsp3) is 0.312. The van der Waals surface area contributed by atoms with E-state index in [1.54, 1.807) is 30.3 Å². The largest absolute Gasteiger partial charge is 0.455 e. The molecule has 3 rings (SSSR count). The van der Waals surface area contributed by atoms with Crippen LogP contribution >= 0.6 is 0 Å². The molecule has 10 heteroatoms. The third-order valence-corrected chi connectivity index (χ3v) is 3.58. The number of aromatic nitrogens is 2. The Balaban J connectivity index is 1.63. The van der Waals surface area contributed by atoms with Crippen LogP contribution in [-0.4, -0.2) is 39.1 Å². The SMILES string of the molecule is [2H]C[C@H]1O[C@@H](n2ccc(NC(=O)OOc3ccccc3)nc2=O)C(F)[C@H]1O. The number of nitrogens with zero attached hydrogens (tertiary/aromatic N) is 2. The molecule has 26 heavy (non-hydrogen) atoms. The first-order valence-corrected chi connectivity index (χ1v) is 7.56. The van der Waals surface area contributed by atoms with Gasteiger partial charge in [0.2, 0.25) is 0 Å². The Morgan fingerprint density at radius 1 is 1.42 bits per heavy atom. The fourth-order valence-electron chi connectivity index (χ4n) is 2.29. The first kappa shape index (κ1) is 16.5. The lowest BCUT2D eigenvalue weighted by atomic mass is 10.2. The second kappa shape index (κ2) is 7.50. The number of halogens is 1. The predicted molar refractivity (Wildman–Crippen MR) is 86.2 cm³/mol. The molecule has 0 spiro atoms. The molecular weight excluding hydrogens is 349 g/mol. The Labute approximate surface area is 148 Å². The summed E-state index contributed by atoms with van der Waals surface area (Å²) in [6.45, 7) is -0.354. The van der Waals surface area contributed by atoms with Crippen LogP contribution in [0.15, 0.2) is 47.4 Å². The van der Waals surface area contributed by atoms with E-state index in [1.165, 1.54) is 6.07 Å². The van der Waals surface area contributed by atoms with E-state index in [0.29, 0.717) is 5.75 Å². The Bertz CT molecular complexity index is 852. The average molecular weight is 366 g/mol. The monoisotopic (exact) mass is 366 g/mol. The van der Waals surface area contributed by atoms with Crippen LogP contribution in [0, 0.1) is 0 Å². The van der Waals surface area contributed by atoms with E-state index in [2.05, 4.69) is 15.2 Å². The quantitative estimate of drug-likeness (QED) is 0.621. The minimum absolute atomic E-state index is 0.149. The van der Waals surface area contributed by atoms with Gasteiger partial charge in [-0.1, -0.05) is 18.2 Å². The summed E-state index contributed by atoms with van der Waals surface area (Å²) >= 11 is 0. The van der Waals surface area contributed by atoms with Crippen molar-refractivity contribution >= 4 is 11.9 Å². The fourth-order valence-corrected chi connectivity index (χ4v) is 2.29. The molecule has 138 valence electrons. The molecule has 2 aromatic rings. The highest BCUT2D eigenvalue weighted by Crippen LogP contribution is 2.30. The minimum atomic E-state index is -1.89. The molecule has 1 aliphatic rings. The second-order valence-electron chi connectivity index (χ2n) is 5.39. The van der Waals surface area contributed by atoms with E-state index in [4.69, 9.17) is 11.0 Å². The summed E-state index contributed by atoms with van der Waals surface area (Å²) in [5.74, 6) is 0.148.